The van der Waals surface area contributed by atoms with E-state index in [-0.39, 0.29) is 17.9 Å². The van der Waals surface area contributed by atoms with E-state index in [1.807, 2.05) is 25.1 Å². The second-order valence-electron chi connectivity index (χ2n) is 5.58. The number of amides is 2. The summed E-state index contributed by atoms with van der Waals surface area (Å²) >= 11 is 0. The zero-order valence-corrected chi connectivity index (χ0v) is 12.3. The third-order valence-corrected chi connectivity index (χ3v) is 4.23. The summed E-state index contributed by atoms with van der Waals surface area (Å²) in [5.41, 5.74) is 2.13. The number of hydrogen-bond donors (Lipinski definition) is 1. The quantitative estimate of drug-likeness (QED) is 0.694. The van der Waals surface area contributed by atoms with E-state index in [0.717, 1.165) is 29.6 Å². The van der Waals surface area contributed by atoms with Crippen molar-refractivity contribution in [3.63, 3.8) is 0 Å². The third kappa shape index (κ3) is 1.89. The molecule has 0 spiro atoms. The molecule has 2 aliphatic rings. The summed E-state index contributed by atoms with van der Waals surface area (Å²) in [7, 11) is 0. The number of nitrogens with one attached hydrogen (secondary N) is 1. The summed E-state index contributed by atoms with van der Waals surface area (Å²) < 4.78 is 5.21. The van der Waals surface area contributed by atoms with Crippen LogP contribution < -0.4 is 5.32 Å². The molecule has 1 N–H and O–H groups in total. The molecule has 5 heteroatoms. The van der Waals surface area contributed by atoms with Gasteiger partial charge < -0.3 is 10.1 Å². The number of benzene rings is 2. The zero-order valence-electron chi connectivity index (χ0n) is 12.3. The molecule has 4 rings (SSSR count). The highest BCUT2D eigenvalue weighted by Gasteiger charge is 2.32. The van der Waals surface area contributed by atoms with Crippen LogP contribution in [0.3, 0.4) is 0 Å². The van der Waals surface area contributed by atoms with Gasteiger partial charge in [0, 0.05) is 40.7 Å². The first-order chi connectivity index (χ1) is 10.7. The Morgan fingerprint density at radius 3 is 2.59 bits per heavy atom. The van der Waals surface area contributed by atoms with E-state index in [9.17, 15) is 9.59 Å². The van der Waals surface area contributed by atoms with Crippen LogP contribution in [0.25, 0.3) is 10.8 Å². The predicted octanol–water partition coefficient (Wildman–Crippen LogP) is 2.27. The van der Waals surface area contributed by atoms with Crippen molar-refractivity contribution in [3.05, 3.63) is 41.5 Å². The first-order valence-corrected chi connectivity index (χ1v) is 7.48. The SMILES string of the molecule is CCN1C(=O)c2cccc3c(NCC4CO4)ccc(c23)C1=O. The van der Waals surface area contributed by atoms with Crippen LogP contribution >= 0.6 is 0 Å². The summed E-state index contributed by atoms with van der Waals surface area (Å²) in [4.78, 5) is 26.3. The molecule has 0 bridgehead atoms. The Hall–Kier alpha value is -2.40. The maximum atomic E-state index is 12.5. The van der Waals surface area contributed by atoms with Gasteiger partial charge in [0.15, 0.2) is 0 Å². The summed E-state index contributed by atoms with van der Waals surface area (Å²) in [5.74, 6) is -0.429. The molecule has 2 aliphatic heterocycles. The van der Waals surface area contributed by atoms with Crippen molar-refractivity contribution < 1.29 is 14.3 Å². The van der Waals surface area contributed by atoms with Crippen molar-refractivity contribution in [2.45, 2.75) is 13.0 Å². The minimum absolute atomic E-state index is 0.215. The van der Waals surface area contributed by atoms with Crippen LogP contribution in [0.2, 0.25) is 0 Å². The molecule has 0 aliphatic carbocycles. The Kier molecular flexibility index (Phi) is 2.90. The van der Waals surface area contributed by atoms with E-state index in [4.69, 9.17) is 4.74 Å². The number of anilines is 1. The zero-order chi connectivity index (χ0) is 15.3. The molecular formula is C17H16N2O3. The van der Waals surface area contributed by atoms with Crippen LogP contribution in [-0.2, 0) is 4.74 Å². The molecule has 1 atom stereocenters. The number of carbonyl (C=O) groups excluding carboxylic acids is 2. The lowest BCUT2D eigenvalue weighted by Gasteiger charge is -2.26. The normalized spacial score (nSPS) is 19.7. The van der Waals surface area contributed by atoms with Gasteiger partial charge in [-0.05, 0) is 25.1 Å². The van der Waals surface area contributed by atoms with Gasteiger partial charge in [0.25, 0.3) is 11.8 Å². The van der Waals surface area contributed by atoms with Gasteiger partial charge in [-0.1, -0.05) is 12.1 Å². The van der Waals surface area contributed by atoms with Gasteiger partial charge in [-0.3, -0.25) is 14.5 Å². The van der Waals surface area contributed by atoms with Crippen molar-refractivity contribution in [2.75, 3.05) is 25.0 Å². The van der Waals surface area contributed by atoms with E-state index >= 15 is 0 Å². The smallest absolute Gasteiger partial charge is 0.261 e. The van der Waals surface area contributed by atoms with Gasteiger partial charge in [-0.15, -0.1) is 0 Å². The first kappa shape index (κ1) is 13.3. The average molecular weight is 296 g/mol. The highest BCUT2D eigenvalue weighted by Crippen LogP contribution is 2.34. The first-order valence-electron chi connectivity index (χ1n) is 7.48. The highest BCUT2D eigenvalue weighted by atomic mass is 16.6. The van der Waals surface area contributed by atoms with Crippen molar-refractivity contribution in [1.29, 1.82) is 0 Å². The largest absolute Gasteiger partial charge is 0.382 e. The van der Waals surface area contributed by atoms with E-state index < -0.39 is 0 Å². The lowest BCUT2D eigenvalue weighted by Crippen LogP contribution is -2.40. The van der Waals surface area contributed by atoms with Gasteiger partial charge in [-0.25, -0.2) is 0 Å². The standard InChI is InChI=1S/C17H16N2O3/c1-2-19-16(20)12-5-3-4-11-14(18-8-10-9-22-10)7-6-13(15(11)12)17(19)21/h3-7,10,18H,2,8-9H2,1H3. The molecule has 2 aromatic rings. The Labute approximate surface area is 127 Å². The molecule has 112 valence electrons. The van der Waals surface area contributed by atoms with Crippen LogP contribution in [-0.4, -0.2) is 42.5 Å². The molecule has 2 amide bonds. The molecule has 2 heterocycles. The number of carbonyl (C=O) groups is 2. The lowest BCUT2D eigenvalue weighted by molar-refractivity contribution is 0.0619. The van der Waals surface area contributed by atoms with Gasteiger partial charge in [0.2, 0.25) is 0 Å². The minimum atomic E-state index is -0.215. The molecule has 0 aromatic heterocycles. The number of rotatable bonds is 4. The molecule has 1 saturated heterocycles. The maximum absolute atomic E-state index is 12.5. The molecule has 1 fully saturated rings. The monoisotopic (exact) mass is 296 g/mol. The molecule has 0 saturated carbocycles. The van der Waals surface area contributed by atoms with Crippen LogP contribution in [0.5, 0.6) is 0 Å². The Bertz CT molecular complexity index is 774. The van der Waals surface area contributed by atoms with Gasteiger partial charge in [0.1, 0.15) is 0 Å². The van der Waals surface area contributed by atoms with Gasteiger partial charge >= 0.3 is 0 Å². The molecule has 5 nitrogen and oxygen atoms in total. The molecule has 1 unspecified atom stereocenters. The summed E-state index contributed by atoms with van der Waals surface area (Å²) in [5, 5.41) is 5.01. The topological polar surface area (TPSA) is 61.9 Å². The summed E-state index contributed by atoms with van der Waals surface area (Å²) in [6.07, 6.45) is 0.268. The summed E-state index contributed by atoms with van der Waals surface area (Å²) in [6, 6.07) is 9.31. The Morgan fingerprint density at radius 2 is 1.91 bits per heavy atom. The molecule has 0 radical (unpaired) electrons. The fraction of sp³-hybridized carbons (Fsp3) is 0.294. The predicted molar refractivity (Wildman–Crippen MR) is 83.2 cm³/mol. The minimum Gasteiger partial charge on any atom is -0.382 e. The number of epoxide rings is 1. The number of ether oxygens (including phenoxy) is 1. The van der Waals surface area contributed by atoms with Gasteiger partial charge in [0.05, 0.1) is 12.7 Å². The average Bonchev–Trinajstić information content (AvgIpc) is 3.35. The lowest BCUT2D eigenvalue weighted by atomic mass is 9.93. The third-order valence-electron chi connectivity index (χ3n) is 4.23. The van der Waals surface area contributed by atoms with Crippen molar-refractivity contribution >= 4 is 28.3 Å². The van der Waals surface area contributed by atoms with E-state index in [1.54, 1.807) is 12.1 Å². The van der Waals surface area contributed by atoms with Crippen molar-refractivity contribution in [2.24, 2.45) is 0 Å². The second-order valence-corrected chi connectivity index (χ2v) is 5.58. The van der Waals surface area contributed by atoms with E-state index in [0.29, 0.717) is 17.7 Å². The highest BCUT2D eigenvalue weighted by molar-refractivity contribution is 6.26. The fourth-order valence-electron chi connectivity index (χ4n) is 3.00. The van der Waals surface area contributed by atoms with Crippen LogP contribution in [0.4, 0.5) is 5.69 Å². The molecule has 2 aromatic carbocycles. The molecular weight excluding hydrogens is 280 g/mol. The Morgan fingerprint density at radius 1 is 1.18 bits per heavy atom. The van der Waals surface area contributed by atoms with Crippen LogP contribution in [0, 0.1) is 0 Å². The molecule has 22 heavy (non-hydrogen) atoms. The number of nitrogens with zero attached hydrogens (tertiary/aromatic N) is 1. The van der Waals surface area contributed by atoms with Crippen LogP contribution in [0.15, 0.2) is 30.3 Å². The van der Waals surface area contributed by atoms with Crippen molar-refractivity contribution in [3.8, 4) is 0 Å². The maximum Gasteiger partial charge on any atom is 0.261 e. The number of hydrogen-bond acceptors (Lipinski definition) is 4. The number of imide groups is 1. The summed E-state index contributed by atoms with van der Waals surface area (Å²) in [6.45, 7) is 3.72. The Balaban J connectivity index is 1.88. The van der Waals surface area contributed by atoms with Crippen molar-refractivity contribution in [1.82, 2.24) is 4.90 Å². The van der Waals surface area contributed by atoms with E-state index in [2.05, 4.69) is 5.32 Å². The van der Waals surface area contributed by atoms with Gasteiger partial charge in [-0.2, -0.15) is 0 Å². The second kappa shape index (κ2) is 4.81. The van der Waals surface area contributed by atoms with E-state index in [1.165, 1.54) is 4.90 Å². The van der Waals surface area contributed by atoms with Crippen LogP contribution in [0.1, 0.15) is 27.6 Å². The fourth-order valence-corrected chi connectivity index (χ4v) is 3.00.